The van der Waals surface area contributed by atoms with E-state index in [1.165, 1.54) is 19.3 Å². The van der Waals surface area contributed by atoms with E-state index in [9.17, 15) is 0 Å². The Morgan fingerprint density at radius 1 is 1.53 bits per heavy atom. The minimum Gasteiger partial charge on any atom is -0.462 e. The number of furan rings is 1. The van der Waals surface area contributed by atoms with Crippen LogP contribution in [0.25, 0.3) is 0 Å². The minimum absolute atomic E-state index is 0.466. The van der Waals surface area contributed by atoms with Crippen molar-refractivity contribution in [3.05, 3.63) is 23.2 Å². The van der Waals surface area contributed by atoms with Gasteiger partial charge in [0.05, 0.1) is 6.54 Å². The van der Waals surface area contributed by atoms with Crippen molar-refractivity contribution >= 4 is 0 Å². The van der Waals surface area contributed by atoms with Crippen LogP contribution in [0.3, 0.4) is 0 Å². The van der Waals surface area contributed by atoms with E-state index < -0.39 is 0 Å². The molecule has 3 heteroatoms. The summed E-state index contributed by atoms with van der Waals surface area (Å²) in [5.41, 5.74) is 6.66. The summed E-state index contributed by atoms with van der Waals surface area (Å²) in [6.45, 7) is 3.91. The SMILES string of the molecule is Cc1cc(COCCC2CC2)oc1CN. The molecule has 1 aliphatic rings. The zero-order valence-corrected chi connectivity index (χ0v) is 9.29. The fourth-order valence-corrected chi connectivity index (χ4v) is 1.69. The summed E-state index contributed by atoms with van der Waals surface area (Å²) in [4.78, 5) is 0. The molecule has 84 valence electrons. The second kappa shape index (κ2) is 4.81. The number of hydrogen-bond acceptors (Lipinski definition) is 3. The van der Waals surface area contributed by atoms with Crippen LogP contribution in [0.15, 0.2) is 10.5 Å². The first-order chi connectivity index (χ1) is 7.29. The molecule has 0 saturated heterocycles. The maximum atomic E-state index is 5.55. The molecule has 1 aromatic heterocycles. The summed E-state index contributed by atoms with van der Waals surface area (Å²) in [5.74, 6) is 2.70. The van der Waals surface area contributed by atoms with Gasteiger partial charge in [0, 0.05) is 6.61 Å². The van der Waals surface area contributed by atoms with Crippen molar-refractivity contribution in [2.45, 2.75) is 39.3 Å². The molecule has 15 heavy (non-hydrogen) atoms. The lowest BCUT2D eigenvalue weighted by Gasteiger charge is -2.00. The fraction of sp³-hybridized carbons (Fsp3) is 0.667. The maximum Gasteiger partial charge on any atom is 0.130 e. The molecule has 0 aliphatic heterocycles. The average Bonchev–Trinajstić information content (AvgIpc) is 2.97. The molecule has 0 aromatic carbocycles. The molecule has 1 heterocycles. The monoisotopic (exact) mass is 209 g/mol. The summed E-state index contributed by atoms with van der Waals surface area (Å²) < 4.78 is 11.1. The van der Waals surface area contributed by atoms with Gasteiger partial charge in [0.1, 0.15) is 18.1 Å². The van der Waals surface area contributed by atoms with Crippen molar-refractivity contribution in [3.8, 4) is 0 Å². The van der Waals surface area contributed by atoms with Crippen LogP contribution in [0.2, 0.25) is 0 Å². The number of hydrogen-bond donors (Lipinski definition) is 1. The van der Waals surface area contributed by atoms with Crippen LogP contribution >= 0.6 is 0 Å². The summed E-state index contributed by atoms with van der Waals surface area (Å²) in [5, 5.41) is 0. The van der Waals surface area contributed by atoms with E-state index in [-0.39, 0.29) is 0 Å². The highest BCUT2D eigenvalue weighted by atomic mass is 16.5. The van der Waals surface area contributed by atoms with Crippen LogP contribution in [0.5, 0.6) is 0 Å². The van der Waals surface area contributed by atoms with Crippen molar-refractivity contribution in [1.29, 1.82) is 0 Å². The van der Waals surface area contributed by atoms with Crippen molar-refractivity contribution < 1.29 is 9.15 Å². The van der Waals surface area contributed by atoms with Crippen molar-refractivity contribution in [2.24, 2.45) is 11.7 Å². The second-order valence-corrected chi connectivity index (χ2v) is 4.31. The average molecular weight is 209 g/mol. The van der Waals surface area contributed by atoms with Crippen LogP contribution in [0.4, 0.5) is 0 Å². The lowest BCUT2D eigenvalue weighted by Crippen LogP contribution is -1.96. The van der Waals surface area contributed by atoms with Gasteiger partial charge in [0.25, 0.3) is 0 Å². The van der Waals surface area contributed by atoms with Gasteiger partial charge in [-0.2, -0.15) is 0 Å². The second-order valence-electron chi connectivity index (χ2n) is 4.31. The Hall–Kier alpha value is -0.800. The van der Waals surface area contributed by atoms with E-state index in [0.717, 1.165) is 29.6 Å². The Morgan fingerprint density at radius 2 is 2.33 bits per heavy atom. The van der Waals surface area contributed by atoms with Gasteiger partial charge in [-0.25, -0.2) is 0 Å². The molecule has 0 spiro atoms. The molecular weight excluding hydrogens is 190 g/mol. The van der Waals surface area contributed by atoms with Crippen LogP contribution in [-0.2, 0) is 17.9 Å². The minimum atomic E-state index is 0.466. The molecule has 0 amide bonds. The number of rotatable bonds is 6. The highest BCUT2D eigenvalue weighted by molar-refractivity contribution is 5.19. The third kappa shape index (κ3) is 3.08. The molecule has 0 unspecified atom stereocenters. The normalized spacial score (nSPS) is 15.9. The van der Waals surface area contributed by atoms with Crippen molar-refractivity contribution in [1.82, 2.24) is 0 Å². The maximum absolute atomic E-state index is 5.55. The van der Waals surface area contributed by atoms with Gasteiger partial charge in [-0.05, 0) is 30.9 Å². The largest absolute Gasteiger partial charge is 0.462 e. The smallest absolute Gasteiger partial charge is 0.130 e. The highest BCUT2D eigenvalue weighted by Crippen LogP contribution is 2.32. The quantitative estimate of drug-likeness (QED) is 0.732. The molecule has 3 nitrogen and oxygen atoms in total. The predicted octanol–water partition coefficient (Wildman–Crippen LogP) is 2.36. The van der Waals surface area contributed by atoms with Crippen LogP contribution in [-0.4, -0.2) is 6.61 Å². The van der Waals surface area contributed by atoms with E-state index in [0.29, 0.717) is 13.2 Å². The van der Waals surface area contributed by atoms with Crippen LogP contribution in [0, 0.1) is 12.8 Å². The third-order valence-corrected chi connectivity index (χ3v) is 2.87. The summed E-state index contributed by atoms with van der Waals surface area (Å²) in [6, 6.07) is 2.01. The van der Waals surface area contributed by atoms with Gasteiger partial charge in [0.15, 0.2) is 0 Å². The Bertz CT molecular complexity index is 315. The first-order valence-electron chi connectivity index (χ1n) is 5.65. The summed E-state index contributed by atoms with van der Waals surface area (Å²) in [7, 11) is 0. The first kappa shape index (κ1) is 10.7. The van der Waals surface area contributed by atoms with E-state index in [1.807, 2.05) is 13.0 Å². The standard InChI is InChI=1S/C12H19NO2/c1-9-6-11(15-12(9)7-13)8-14-5-4-10-2-3-10/h6,10H,2-5,7-8,13H2,1H3. The van der Waals surface area contributed by atoms with Gasteiger partial charge in [-0.1, -0.05) is 12.8 Å². The molecule has 2 rings (SSSR count). The molecule has 0 bridgehead atoms. The molecule has 1 saturated carbocycles. The van der Waals surface area contributed by atoms with Gasteiger partial charge >= 0.3 is 0 Å². The van der Waals surface area contributed by atoms with Crippen LogP contribution in [0.1, 0.15) is 36.3 Å². The van der Waals surface area contributed by atoms with Crippen molar-refractivity contribution in [3.63, 3.8) is 0 Å². The van der Waals surface area contributed by atoms with E-state index in [2.05, 4.69) is 0 Å². The van der Waals surface area contributed by atoms with Crippen molar-refractivity contribution in [2.75, 3.05) is 6.61 Å². The molecule has 0 atom stereocenters. The highest BCUT2D eigenvalue weighted by Gasteiger charge is 2.20. The Kier molecular flexibility index (Phi) is 3.44. The van der Waals surface area contributed by atoms with Gasteiger partial charge in [-0.3, -0.25) is 0 Å². The zero-order chi connectivity index (χ0) is 10.7. The molecule has 0 radical (unpaired) electrons. The molecule has 2 N–H and O–H groups in total. The number of ether oxygens (including phenoxy) is 1. The fourth-order valence-electron chi connectivity index (χ4n) is 1.69. The lowest BCUT2D eigenvalue weighted by molar-refractivity contribution is 0.100. The van der Waals surface area contributed by atoms with Gasteiger partial charge in [0.2, 0.25) is 0 Å². The Morgan fingerprint density at radius 3 is 2.93 bits per heavy atom. The van der Waals surface area contributed by atoms with E-state index in [1.54, 1.807) is 0 Å². The topological polar surface area (TPSA) is 48.4 Å². The van der Waals surface area contributed by atoms with Gasteiger partial charge in [-0.15, -0.1) is 0 Å². The third-order valence-electron chi connectivity index (χ3n) is 2.87. The Labute approximate surface area is 90.6 Å². The first-order valence-corrected chi connectivity index (χ1v) is 5.65. The summed E-state index contributed by atoms with van der Waals surface area (Å²) >= 11 is 0. The zero-order valence-electron chi connectivity index (χ0n) is 9.29. The van der Waals surface area contributed by atoms with E-state index in [4.69, 9.17) is 14.9 Å². The molecule has 1 aliphatic carbocycles. The predicted molar refractivity (Wildman–Crippen MR) is 58.3 cm³/mol. The van der Waals surface area contributed by atoms with Gasteiger partial charge < -0.3 is 14.9 Å². The number of aryl methyl sites for hydroxylation is 1. The lowest BCUT2D eigenvalue weighted by atomic mass is 10.2. The van der Waals surface area contributed by atoms with E-state index >= 15 is 0 Å². The van der Waals surface area contributed by atoms with Crippen LogP contribution < -0.4 is 5.73 Å². The summed E-state index contributed by atoms with van der Waals surface area (Å²) in [6.07, 6.45) is 3.98. The molecular formula is C12H19NO2. The molecule has 1 aromatic rings. The molecule has 1 fully saturated rings. The Balaban J connectivity index is 1.71. The number of nitrogens with two attached hydrogens (primary N) is 1.